The number of rotatable bonds is 7. The van der Waals surface area contributed by atoms with Crippen LogP contribution in [-0.2, 0) is 20.0 Å². The number of ether oxygens (including phenoxy) is 2. The standard InChI is InChI=1S/C21H31N5O2.HI/c1-6-22-21(25(4)12-17-13-26(5)24-20(17)15(2)3)23-10-9-16-7-8-18-19(11-16)28-14-27-18;/h7-8,11,13,15H,6,9-10,12,14H2,1-5H3,(H,22,23);1H. The van der Waals surface area contributed by atoms with E-state index in [2.05, 4.69) is 55.4 Å². The van der Waals surface area contributed by atoms with Gasteiger partial charge in [0, 0.05) is 45.5 Å². The van der Waals surface area contributed by atoms with E-state index < -0.39 is 0 Å². The van der Waals surface area contributed by atoms with Gasteiger partial charge >= 0.3 is 0 Å². The van der Waals surface area contributed by atoms with Crippen molar-refractivity contribution in [2.24, 2.45) is 12.0 Å². The topological polar surface area (TPSA) is 63.9 Å². The molecule has 29 heavy (non-hydrogen) atoms. The fourth-order valence-electron chi connectivity index (χ4n) is 3.35. The Kier molecular flexibility index (Phi) is 8.60. The molecule has 0 radical (unpaired) electrons. The highest BCUT2D eigenvalue weighted by Gasteiger charge is 2.15. The molecule has 0 saturated carbocycles. The van der Waals surface area contributed by atoms with Crippen molar-refractivity contribution in [3.05, 3.63) is 41.2 Å². The minimum absolute atomic E-state index is 0. The van der Waals surface area contributed by atoms with Crippen molar-refractivity contribution in [1.29, 1.82) is 0 Å². The van der Waals surface area contributed by atoms with Gasteiger partial charge in [0.25, 0.3) is 0 Å². The molecule has 0 aliphatic carbocycles. The quantitative estimate of drug-likeness (QED) is 0.349. The highest BCUT2D eigenvalue weighted by Crippen LogP contribution is 2.32. The van der Waals surface area contributed by atoms with Crippen LogP contribution in [0.15, 0.2) is 29.4 Å². The molecule has 0 atom stereocenters. The summed E-state index contributed by atoms with van der Waals surface area (Å²) >= 11 is 0. The second-order valence-corrected chi connectivity index (χ2v) is 7.40. The molecule has 0 saturated heterocycles. The highest BCUT2D eigenvalue weighted by molar-refractivity contribution is 14.0. The van der Waals surface area contributed by atoms with Gasteiger partial charge in [-0.05, 0) is 37.0 Å². The van der Waals surface area contributed by atoms with Gasteiger partial charge in [-0.3, -0.25) is 9.67 Å². The molecule has 0 spiro atoms. The smallest absolute Gasteiger partial charge is 0.231 e. The number of nitrogens with zero attached hydrogens (tertiary/aromatic N) is 4. The monoisotopic (exact) mass is 513 g/mol. The fourth-order valence-corrected chi connectivity index (χ4v) is 3.35. The first kappa shape index (κ1) is 23.3. The van der Waals surface area contributed by atoms with Crippen molar-refractivity contribution in [3.8, 4) is 11.5 Å². The van der Waals surface area contributed by atoms with Gasteiger partial charge in [-0.1, -0.05) is 19.9 Å². The number of benzene rings is 1. The Hall–Kier alpha value is -1.97. The van der Waals surface area contributed by atoms with Crippen LogP contribution in [0.1, 0.15) is 43.5 Å². The summed E-state index contributed by atoms with van der Waals surface area (Å²) in [5.74, 6) is 2.94. The molecule has 0 unspecified atom stereocenters. The summed E-state index contributed by atoms with van der Waals surface area (Å²) in [6.45, 7) is 9.06. The van der Waals surface area contributed by atoms with E-state index in [4.69, 9.17) is 14.5 Å². The van der Waals surface area contributed by atoms with E-state index in [-0.39, 0.29) is 24.0 Å². The first-order valence-electron chi connectivity index (χ1n) is 9.88. The third-order valence-corrected chi connectivity index (χ3v) is 4.69. The third kappa shape index (κ3) is 6.01. The van der Waals surface area contributed by atoms with Crippen LogP contribution in [0.3, 0.4) is 0 Å². The lowest BCUT2D eigenvalue weighted by molar-refractivity contribution is 0.174. The van der Waals surface area contributed by atoms with Crippen molar-refractivity contribution in [2.75, 3.05) is 26.9 Å². The van der Waals surface area contributed by atoms with E-state index in [1.54, 1.807) is 0 Å². The number of aliphatic imine (C=N–C) groups is 1. The zero-order valence-corrected chi connectivity index (χ0v) is 20.3. The van der Waals surface area contributed by atoms with Crippen LogP contribution < -0.4 is 14.8 Å². The second kappa shape index (κ2) is 10.7. The van der Waals surface area contributed by atoms with E-state index >= 15 is 0 Å². The van der Waals surface area contributed by atoms with E-state index in [1.165, 1.54) is 11.1 Å². The summed E-state index contributed by atoms with van der Waals surface area (Å²) in [4.78, 5) is 6.97. The largest absolute Gasteiger partial charge is 0.454 e. The zero-order valence-electron chi connectivity index (χ0n) is 17.9. The number of aromatic nitrogens is 2. The Labute approximate surface area is 190 Å². The Morgan fingerprint density at radius 3 is 2.79 bits per heavy atom. The van der Waals surface area contributed by atoms with Gasteiger partial charge in [-0.25, -0.2) is 0 Å². The van der Waals surface area contributed by atoms with Crippen LogP contribution in [-0.4, -0.2) is 47.6 Å². The highest BCUT2D eigenvalue weighted by atomic mass is 127. The molecular formula is C21H32IN5O2. The number of halogens is 1. The van der Waals surface area contributed by atoms with Gasteiger partial charge in [0.15, 0.2) is 17.5 Å². The molecule has 1 aliphatic heterocycles. The molecule has 1 N–H and O–H groups in total. The summed E-state index contributed by atoms with van der Waals surface area (Å²) in [6, 6.07) is 6.08. The average molecular weight is 513 g/mol. The number of nitrogens with one attached hydrogen (secondary N) is 1. The van der Waals surface area contributed by atoms with Crippen LogP contribution in [0.25, 0.3) is 0 Å². The maximum atomic E-state index is 5.46. The molecule has 1 aliphatic rings. The van der Waals surface area contributed by atoms with Gasteiger partial charge in [-0.15, -0.1) is 24.0 Å². The molecule has 7 nitrogen and oxygen atoms in total. The first-order chi connectivity index (χ1) is 13.5. The fraction of sp³-hybridized carbons (Fsp3) is 0.524. The molecule has 3 rings (SSSR count). The van der Waals surface area contributed by atoms with Gasteiger partial charge in [0.2, 0.25) is 6.79 Å². The molecule has 8 heteroatoms. The maximum Gasteiger partial charge on any atom is 0.231 e. The molecule has 2 heterocycles. The number of guanidine groups is 1. The lowest BCUT2D eigenvalue weighted by atomic mass is 10.1. The minimum Gasteiger partial charge on any atom is -0.454 e. The maximum absolute atomic E-state index is 5.46. The van der Waals surface area contributed by atoms with E-state index in [1.807, 2.05) is 23.9 Å². The predicted octanol–water partition coefficient (Wildman–Crippen LogP) is 3.53. The minimum atomic E-state index is 0. The molecule has 2 aromatic rings. The van der Waals surface area contributed by atoms with Crippen LogP contribution in [0.5, 0.6) is 11.5 Å². The average Bonchev–Trinajstić information content (AvgIpc) is 3.26. The molecule has 0 amide bonds. The van der Waals surface area contributed by atoms with Crippen molar-refractivity contribution >= 4 is 29.9 Å². The lowest BCUT2D eigenvalue weighted by Gasteiger charge is -2.22. The summed E-state index contributed by atoms with van der Waals surface area (Å²) < 4.78 is 12.7. The van der Waals surface area contributed by atoms with Crippen LogP contribution in [0.4, 0.5) is 0 Å². The SMILES string of the molecule is CCNC(=NCCc1ccc2c(c1)OCO2)N(C)Cc1cn(C)nc1C(C)C.I. The summed E-state index contributed by atoms with van der Waals surface area (Å²) in [6.07, 6.45) is 2.95. The van der Waals surface area contributed by atoms with Gasteiger partial charge < -0.3 is 19.7 Å². The summed E-state index contributed by atoms with van der Waals surface area (Å²) in [5, 5.41) is 8.00. The Balaban J connectivity index is 0.00000300. The van der Waals surface area contributed by atoms with Crippen molar-refractivity contribution in [3.63, 3.8) is 0 Å². The lowest BCUT2D eigenvalue weighted by Crippen LogP contribution is -2.38. The van der Waals surface area contributed by atoms with Gasteiger partial charge in [0.05, 0.1) is 5.69 Å². The molecule has 0 fully saturated rings. The number of fused-ring (bicyclic) bond motifs is 1. The predicted molar refractivity (Wildman–Crippen MR) is 126 cm³/mol. The normalized spacial score (nSPS) is 12.8. The molecule has 1 aromatic carbocycles. The van der Waals surface area contributed by atoms with E-state index in [0.29, 0.717) is 19.3 Å². The van der Waals surface area contributed by atoms with Crippen LogP contribution >= 0.6 is 24.0 Å². The molecular weight excluding hydrogens is 481 g/mol. The van der Waals surface area contributed by atoms with E-state index in [9.17, 15) is 0 Å². The Bertz CT molecular complexity index is 834. The Morgan fingerprint density at radius 1 is 1.31 bits per heavy atom. The molecule has 1 aromatic heterocycles. The van der Waals surface area contributed by atoms with Crippen molar-refractivity contribution in [2.45, 2.75) is 39.7 Å². The third-order valence-electron chi connectivity index (χ3n) is 4.69. The molecule has 160 valence electrons. The van der Waals surface area contributed by atoms with Gasteiger partial charge in [0.1, 0.15) is 0 Å². The number of hydrogen-bond acceptors (Lipinski definition) is 4. The van der Waals surface area contributed by atoms with Crippen molar-refractivity contribution < 1.29 is 9.47 Å². The van der Waals surface area contributed by atoms with Crippen LogP contribution in [0, 0.1) is 0 Å². The number of hydrogen-bond donors (Lipinski definition) is 1. The Morgan fingerprint density at radius 2 is 2.07 bits per heavy atom. The summed E-state index contributed by atoms with van der Waals surface area (Å²) in [5.41, 5.74) is 3.58. The van der Waals surface area contributed by atoms with Crippen LogP contribution in [0.2, 0.25) is 0 Å². The van der Waals surface area contributed by atoms with E-state index in [0.717, 1.165) is 42.7 Å². The summed E-state index contributed by atoms with van der Waals surface area (Å²) in [7, 11) is 4.04. The zero-order chi connectivity index (χ0) is 20.1. The second-order valence-electron chi connectivity index (χ2n) is 7.40. The number of aryl methyl sites for hydroxylation is 1. The van der Waals surface area contributed by atoms with Crippen molar-refractivity contribution in [1.82, 2.24) is 20.0 Å². The first-order valence-corrected chi connectivity index (χ1v) is 9.88. The molecule has 0 bridgehead atoms. The van der Waals surface area contributed by atoms with Gasteiger partial charge in [-0.2, -0.15) is 5.10 Å².